The number of ketones is 1. The van der Waals surface area contributed by atoms with E-state index in [0.717, 1.165) is 50.9 Å². The Morgan fingerprint density at radius 1 is 1.00 bits per heavy atom. The molecule has 0 rings (SSSR count). The number of thioether (sulfide) groups is 1. The molecule has 12 nitrogen and oxygen atoms in total. The van der Waals surface area contributed by atoms with Crippen LogP contribution in [-0.4, -0.2) is 87.9 Å². The molecule has 0 fully saturated rings. The average Bonchev–Trinajstić information content (AvgIpc) is 2.79. The molecule has 4 amide bonds. The van der Waals surface area contributed by atoms with Crippen molar-refractivity contribution in [2.24, 2.45) is 5.73 Å². The number of rotatable bonds is 18. The van der Waals surface area contributed by atoms with E-state index in [0.29, 0.717) is 11.4 Å². The number of likely N-dealkylation sites (N-methyl/N-ethyl adjacent to an activating group) is 1. The summed E-state index contributed by atoms with van der Waals surface area (Å²) in [7, 11) is 1.01. The lowest BCUT2D eigenvalue weighted by molar-refractivity contribution is -0.139. The highest BCUT2D eigenvalue weighted by atomic mass is 32.2. The zero-order valence-corrected chi connectivity index (χ0v) is 20.5. The number of nitrogens with two attached hydrogens (primary N) is 1. The number of imide groups is 1. The third kappa shape index (κ3) is 13.8. The number of amides is 4. The van der Waals surface area contributed by atoms with Gasteiger partial charge in [-0.25, -0.2) is 9.69 Å². The van der Waals surface area contributed by atoms with Gasteiger partial charge in [-0.05, 0) is 12.8 Å². The molecule has 6 N–H and O–H groups in total. The van der Waals surface area contributed by atoms with E-state index in [9.17, 15) is 28.8 Å². The van der Waals surface area contributed by atoms with Gasteiger partial charge in [-0.3, -0.25) is 24.0 Å². The van der Waals surface area contributed by atoms with Gasteiger partial charge in [0.05, 0.1) is 5.75 Å². The van der Waals surface area contributed by atoms with Crippen LogP contribution in [0.3, 0.4) is 0 Å². The Morgan fingerprint density at radius 2 is 1.62 bits per heavy atom. The van der Waals surface area contributed by atoms with Crippen molar-refractivity contribution in [1.82, 2.24) is 15.5 Å². The van der Waals surface area contributed by atoms with E-state index < -0.39 is 47.7 Å². The smallest absolute Gasteiger partial charge is 0.413 e. The van der Waals surface area contributed by atoms with Crippen molar-refractivity contribution in [3.8, 4) is 0 Å². The van der Waals surface area contributed by atoms with E-state index in [1.807, 2.05) is 0 Å². The lowest BCUT2D eigenvalue weighted by atomic mass is 10.1. The number of Topliss-reactive ketones (excluding diaryl/α,β-unsaturated/α-hetero) is 1. The maximum atomic E-state index is 12.4. The Labute approximate surface area is 203 Å². The SMILES string of the molecule is CCCCCCCCNC(=O)C(=O)CSCC(NC(=O)CCC(N)C(=O)O)C(=O)N(C)C(=O)O. The van der Waals surface area contributed by atoms with Gasteiger partial charge < -0.3 is 26.6 Å². The summed E-state index contributed by atoms with van der Waals surface area (Å²) in [5.74, 6) is -4.78. The molecule has 0 saturated heterocycles. The van der Waals surface area contributed by atoms with Crippen LogP contribution in [0.15, 0.2) is 0 Å². The third-order valence-corrected chi connectivity index (χ3v) is 5.87. The van der Waals surface area contributed by atoms with Gasteiger partial charge >= 0.3 is 12.1 Å². The highest BCUT2D eigenvalue weighted by molar-refractivity contribution is 8.00. The third-order valence-electron chi connectivity index (χ3n) is 4.84. The van der Waals surface area contributed by atoms with Gasteiger partial charge in [0.25, 0.3) is 11.8 Å². The molecule has 2 unspecified atom stereocenters. The molecule has 0 aliphatic rings. The largest absolute Gasteiger partial charge is 0.480 e. The van der Waals surface area contributed by atoms with Crippen LogP contribution < -0.4 is 16.4 Å². The van der Waals surface area contributed by atoms with Crippen LogP contribution >= 0.6 is 11.8 Å². The second kappa shape index (κ2) is 17.8. The van der Waals surface area contributed by atoms with Gasteiger partial charge in [-0.2, -0.15) is 11.8 Å². The minimum Gasteiger partial charge on any atom is -0.480 e. The summed E-state index contributed by atoms with van der Waals surface area (Å²) < 4.78 is 0. The normalized spacial score (nSPS) is 12.3. The number of nitrogens with one attached hydrogen (secondary N) is 2. The molecule has 34 heavy (non-hydrogen) atoms. The van der Waals surface area contributed by atoms with Gasteiger partial charge in [0.1, 0.15) is 12.1 Å². The van der Waals surface area contributed by atoms with Gasteiger partial charge in [0, 0.05) is 25.8 Å². The van der Waals surface area contributed by atoms with Crippen LogP contribution in [0.5, 0.6) is 0 Å². The Bertz CT molecular complexity index is 719. The number of carbonyl (C=O) groups excluding carboxylic acids is 4. The van der Waals surface area contributed by atoms with Crippen LogP contribution in [0.1, 0.15) is 58.3 Å². The summed E-state index contributed by atoms with van der Waals surface area (Å²) in [5.41, 5.74) is 5.34. The Kier molecular flexibility index (Phi) is 16.4. The van der Waals surface area contributed by atoms with E-state index in [4.69, 9.17) is 15.9 Å². The zero-order chi connectivity index (χ0) is 26.1. The van der Waals surface area contributed by atoms with Crippen LogP contribution in [0.2, 0.25) is 0 Å². The average molecular weight is 505 g/mol. The molecular formula is C21H36N4O8S. The van der Waals surface area contributed by atoms with Crippen molar-refractivity contribution in [3.63, 3.8) is 0 Å². The fraction of sp³-hybridized carbons (Fsp3) is 0.714. The second-order valence-electron chi connectivity index (χ2n) is 7.75. The van der Waals surface area contributed by atoms with Crippen LogP contribution in [0, 0.1) is 0 Å². The summed E-state index contributed by atoms with van der Waals surface area (Å²) in [6.07, 6.45) is 4.25. The van der Waals surface area contributed by atoms with Crippen LogP contribution in [0.4, 0.5) is 4.79 Å². The van der Waals surface area contributed by atoms with E-state index in [1.165, 1.54) is 6.42 Å². The number of hydrogen-bond acceptors (Lipinski definition) is 8. The fourth-order valence-electron chi connectivity index (χ4n) is 2.72. The van der Waals surface area contributed by atoms with Crippen molar-refractivity contribution in [2.45, 2.75) is 70.4 Å². The molecule has 0 aromatic heterocycles. The predicted molar refractivity (Wildman–Crippen MR) is 126 cm³/mol. The van der Waals surface area contributed by atoms with Crippen molar-refractivity contribution >= 4 is 47.3 Å². The summed E-state index contributed by atoms with van der Waals surface area (Å²) in [6.45, 7) is 2.51. The Morgan fingerprint density at radius 3 is 2.21 bits per heavy atom. The van der Waals surface area contributed by atoms with Gasteiger partial charge in [-0.1, -0.05) is 39.0 Å². The van der Waals surface area contributed by atoms with Gasteiger partial charge in [-0.15, -0.1) is 0 Å². The van der Waals surface area contributed by atoms with E-state index in [-0.39, 0.29) is 24.3 Å². The number of hydrogen-bond donors (Lipinski definition) is 5. The Balaban J connectivity index is 4.62. The maximum Gasteiger partial charge on any atom is 0.413 e. The number of carboxylic acids is 1. The van der Waals surface area contributed by atoms with Gasteiger partial charge in [0.15, 0.2) is 0 Å². The monoisotopic (exact) mass is 504 g/mol. The fourth-order valence-corrected chi connectivity index (χ4v) is 3.62. The highest BCUT2D eigenvalue weighted by Crippen LogP contribution is 2.08. The molecule has 0 aliphatic carbocycles. The first-order chi connectivity index (χ1) is 16.0. The van der Waals surface area contributed by atoms with Crippen LogP contribution in [-0.2, 0) is 24.0 Å². The molecule has 194 valence electrons. The van der Waals surface area contributed by atoms with Crippen molar-refractivity contribution < 1.29 is 39.0 Å². The predicted octanol–water partition coefficient (Wildman–Crippen LogP) is 0.579. The number of aliphatic carboxylic acids is 1. The molecule has 0 bridgehead atoms. The summed E-state index contributed by atoms with van der Waals surface area (Å²) in [6, 6.07) is -2.55. The van der Waals surface area contributed by atoms with Crippen molar-refractivity contribution in [3.05, 3.63) is 0 Å². The van der Waals surface area contributed by atoms with E-state index >= 15 is 0 Å². The molecule has 0 spiro atoms. The van der Waals surface area contributed by atoms with Crippen LogP contribution in [0.25, 0.3) is 0 Å². The van der Waals surface area contributed by atoms with E-state index in [1.54, 1.807) is 0 Å². The first kappa shape index (κ1) is 31.3. The molecule has 0 radical (unpaired) electrons. The summed E-state index contributed by atoms with van der Waals surface area (Å²) in [4.78, 5) is 70.6. The standard InChI is InChI=1S/C21H36N4O8S/c1-3-4-5-6-7-8-11-23-18(28)16(26)13-34-12-15(19(29)25(2)21(32)33)24-17(27)10-9-14(22)20(30)31/h14-15H,3-13,22H2,1-2H3,(H,23,28)(H,24,27)(H,30,31)(H,32,33). The van der Waals surface area contributed by atoms with E-state index in [2.05, 4.69) is 17.6 Å². The number of carboxylic acid groups (broad SMARTS) is 2. The molecule has 2 atom stereocenters. The first-order valence-electron chi connectivity index (χ1n) is 11.2. The molecule has 13 heteroatoms. The van der Waals surface area contributed by atoms with Crippen molar-refractivity contribution in [1.29, 1.82) is 0 Å². The second-order valence-corrected chi connectivity index (χ2v) is 8.78. The minimum absolute atomic E-state index is 0.163. The number of carbonyl (C=O) groups is 6. The molecular weight excluding hydrogens is 468 g/mol. The lowest BCUT2D eigenvalue weighted by Crippen LogP contribution is -2.50. The molecule has 0 aromatic carbocycles. The Hall–Kier alpha value is -2.67. The quantitative estimate of drug-likeness (QED) is 0.130. The number of unbranched alkanes of at least 4 members (excludes halogenated alkanes) is 5. The summed E-state index contributed by atoms with van der Waals surface area (Å²) in [5, 5.41) is 22.7. The summed E-state index contributed by atoms with van der Waals surface area (Å²) >= 11 is 0.895. The minimum atomic E-state index is -1.53. The zero-order valence-electron chi connectivity index (χ0n) is 19.7. The number of nitrogens with zero attached hydrogens (tertiary/aromatic N) is 1. The molecule has 0 aliphatic heterocycles. The highest BCUT2D eigenvalue weighted by Gasteiger charge is 2.28. The topological polar surface area (TPSA) is 196 Å². The van der Waals surface area contributed by atoms with Crippen molar-refractivity contribution in [2.75, 3.05) is 25.1 Å². The lowest BCUT2D eigenvalue weighted by Gasteiger charge is -2.21. The molecule has 0 saturated carbocycles. The first-order valence-corrected chi connectivity index (χ1v) is 12.3. The maximum absolute atomic E-state index is 12.4. The molecule has 0 heterocycles. The molecule has 0 aromatic rings. The van der Waals surface area contributed by atoms with Gasteiger partial charge in [0.2, 0.25) is 11.7 Å².